The fraction of sp³-hybridized carbons (Fsp3) is 0.294. The maximum atomic E-state index is 10.4. The molecule has 0 amide bonds. The molecule has 5 heteroatoms. The Hall–Kier alpha value is -2.40. The number of hydrogen-bond acceptors (Lipinski definition) is 5. The Bertz CT molecular complexity index is 626. The third-order valence-corrected chi connectivity index (χ3v) is 3.37. The summed E-state index contributed by atoms with van der Waals surface area (Å²) in [5, 5.41) is 20.0. The number of hydrogen-bond donors (Lipinski definition) is 2. The zero-order valence-electron chi connectivity index (χ0n) is 12.8. The predicted octanol–water partition coefficient (Wildman–Crippen LogP) is 2.91. The second-order valence-electron chi connectivity index (χ2n) is 4.85. The summed E-state index contributed by atoms with van der Waals surface area (Å²) in [4.78, 5) is 0. The van der Waals surface area contributed by atoms with Gasteiger partial charge in [-0.1, -0.05) is 18.2 Å². The van der Waals surface area contributed by atoms with Crippen molar-refractivity contribution in [3.63, 3.8) is 0 Å². The highest BCUT2D eigenvalue weighted by Crippen LogP contribution is 2.33. The van der Waals surface area contributed by atoms with Gasteiger partial charge in [-0.2, -0.15) is 0 Å². The lowest BCUT2D eigenvalue weighted by atomic mass is 10.0. The first-order valence-corrected chi connectivity index (χ1v) is 6.91. The molecule has 0 aliphatic carbocycles. The Balaban J connectivity index is 2.16. The smallest absolute Gasteiger partial charge is 0.161 e. The summed E-state index contributed by atoms with van der Waals surface area (Å²) in [7, 11) is 3.02. The molecule has 118 valence electrons. The fourth-order valence-corrected chi connectivity index (χ4v) is 2.13. The van der Waals surface area contributed by atoms with Gasteiger partial charge in [-0.25, -0.2) is 0 Å². The van der Waals surface area contributed by atoms with Crippen LogP contribution in [0.5, 0.6) is 23.0 Å². The molecule has 2 rings (SSSR count). The first kappa shape index (κ1) is 16.0. The Morgan fingerprint density at radius 1 is 0.909 bits per heavy atom. The zero-order valence-corrected chi connectivity index (χ0v) is 12.8. The van der Waals surface area contributed by atoms with E-state index in [-0.39, 0.29) is 5.75 Å². The highest BCUT2D eigenvalue weighted by Gasteiger charge is 2.20. The largest absolute Gasteiger partial charge is 0.504 e. The number of benzene rings is 2. The van der Waals surface area contributed by atoms with Crippen molar-refractivity contribution in [1.29, 1.82) is 0 Å². The van der Waals surface area contributed by atoms with E-state index in [9.17, 15) is 10.2 Å². The number of methoxy groups -OCH3 is 2. The Morgan fingerprint density at radius 3 is 2.18 bits per heavy atom. The molecule has 0 aliphatic heterocycles. The molecule has 22 heavy (non-hydrogen) atoms. The number of aromatic hydroxyl groups is 1. The molecule has 0 unspecified atom stereocenters. The van der Waals surface area contributed by atoms with Gasteiger partial charge < -0.3 is 24.4 Å². The van der Waals surface area contributed by atoms with E-state index in [4.69, 9.17) is 14.2 Å². The minimum absolute atomic E-state index is 0.0248. The molecule has 2 aromatic carbocycles. The average molecular weight is 304 g/mol. The summed E-state index contributed by atoms with van der Waals surface area (Å²) >= 11 is 0. The lowest BCUT2D eigenvalue weighted by molar-refractivity contribution is 0.0450. The van der Waals surface area contributed by atoms with Crippen LogP contribution in [0.25, 0.3) is 0 Å². The first-order valence-electron chi connectivity index (χ1n) is 6.91. The summed E-state index contributed by atoms with van der Waals surface area (Å²) in [6, 6.07) is 11.9. The SMILES string of the molecule is COc1cc([C@H](O)[C@@H](C)Oc2ccccc2OC)ccc1O. The monoisotopic (exact) mass is 304 g/mol. The Morgan fingerprint density at radius 2 is 1.55 bits per heavy atom. The van der Waals surface area contributed by atoms with E-state index in [1.54, 1.807) is 38.3 Å². The van der Waals surface area contributed by atoms with Gasteiger partial charge in [0, 0.05) is 0 Å². The van der Waals surface area contributed by atoms with E-state index in [2.05, 4.69) is 0 Å². The summed E-state index contributed by atoms with van der Waals surface area (Å²) in [6.07, 6.45) is -1.38. The van der Waals surface area contributed by atoms with Crippen LogP contribution >= 0.6 is 0 Å². The molecule has 0 heterocycles. The van der Waals surface area contributed by atoms with Crippen LogP contribution in [0, 0.1) is 0 Å². The maximum absolute atomic E-state index is 10.4. The third kappa shape index (κ3) is 3.43. The summed E-state index contributed by atoms with van der Waals surface area (Å²) < 4.78 is 16.1. The quantitative estimate of drug-likeness (QED) is 0.859. The van der Waals surface area contributed by atoms with Crippen LogP contribution in [0.15, 0.2) is 42.5 Å². The van der Waals surface area contributed by atoms with E-state index in [0.29, 0.717) is 22.8 Å². The van der Waals surface area contributed by atoms with Crippen LogP contribution in [0.2, 0.25) is 0 Å². The van der Waals surface area contributed by atoms with Crippen molar-refractivity contribution >= 4 is 0 Å². The van der Waals surface area contributed by atoms with Crippen molar-refractivity contribution in [2.45, 2.75) is 19.1 Å². The molecular weight excluding hydrogens is 284 g/mol. The van der Waals surface area contributed by atoms with Crippen LogP contribution < -0.4 is 14.2 Å². The third-order valence-electron chi connectivity index (χ3n) is 3.37. The van der Waals surface area contributed by atoms with Crippen molar-refractivity contribution in [2.75, 3.05) is 14.2 Å². The number of phenolic OH excluding ortho intramolecular Hbond substituents is 1. The minimum atomic E-state index is -0.876. The molecule has 0 saturated carbocycles. The standard InChI is InChI=1S/C17H20O5/c1-11(22-15-7-5-4-6-14(15)20-2)17(19)12-8-9-13(18)16(10-12)21-3/h4-11,17-19H,1-3H3/t11-,17-/m1/s1. The van der Waals surface area contributed by atoms with E-state index >= 15 is 0 Å². The molecule has 2 atom stereocenters. The van der Waals surface area contributed by atoms with E-state index in [1.807, 2.05) is 12.1 Å². The van der Waals surface area contributed by atoms with Crippen LogP contribution in [0.3, 0.4) is 0 Å². The van der Waals surface area contributed by atoms with Gasteiger partial charge in [0.05, 0.1) is 14.2 Å². The summed E-state index contributed by atoms with van der Waals surface area (Å²) in [6.45, 7) is 1.76. The molecule has 0 fully saturated rings. The Labute approximate surface area is 129 Å². The van der Waals surface area contributed by atoms with Crippen molar-refractivity contribution in [3.8, 4) is 23.0 Å². The number of para-hydroxylation sites is 2. The first-order chi connectivity index (χ1) is 10.6. The normalized spacial score (nSPS) is 13.3. The van der Waals surface area contributed by atoms with Crippen LogP contribution in [-0.4, -0.2) is 30.5 Å². The topological polar surface area (TPSA) is 68.2 Å². The number of aliphatic hydroxyl groups excluding tert-OH is 1. The molecule has 0 saturated heterocycles. The summed E-state index contributed by atoms with van der Waals surface area (Å²) in [5.74, 6) is 1.49. The summed E-state index contributed by atoms with van der Waals surface area (Å²) in [5.41, 5.74) is 0.594. The average Bonchev–Trinajstić information content (AvgIpc) is 2.55. The number of ether oxygens (including phenoxy) is 3. The maximum Gasteiger partial charge on any atom is 0.161 e. The van der Waals surface area contributed by atoms with Gasteiger partial charge in [-0.3, -0.25) is 0 Å². The highest BCUT2D eigenvalue weighted by atomic mass is 16.5. The van der Waals surface area contributed by atoms with Crippen molar-refractivity contribution in [3.05, 3.63) is 48.0 Å². The van der Waals surface area contributed by atoms with Crippen LogP contribution in [0.4, 0.5) is 0 Å². The van der Waals surface area contributed by atoms with Gasteiger partial charge in [-0.15, -0.1) is 0 Å². The zero-order chi connectivity index (χ0) is 16.1. The number of rotatable bonds is 6. The van der Waals surface area contributed by atoms with E-state index in [0.717, 1.165) is 0 Å². The van der Waals surface area contributed by atoms with Gasteiger partial charge >= 0.3 is 0 Å². The van der Waals surface area contributed by atoms with Gasteiger partial charge in [0.15, 0.2) is 23.0 Å². The van der Waals surface area contributed by atoms with Crippen molar-refractivity contribution < 1.29 is 24.4 Å². The molecule has 0 aromatic heterocycles. The highest BCUT2D eigenvalue weighted by molar-refractivity contribution is 5.43. The second kappa shape index (κ2) is 7.04. The molecule has 5 nitrogen and oxygen atoms in total. The van der Waals surface area contributed by atoms with E-state index in [1.165, 1.54) is 13.2 Å². The molecule has 0 spiro atoms. The number of aliphatic hydroxyl groups is 1. The Kier molecular flexibility index (Phi) is 5.12. The van der Waals surface area contributed by atoms with Crippen molar-refractivity contribution in [1.82, 2.24) is 0 Å². The molecule has 0 radical (unpaired) electrons. The fourth-order valence-electron chi connectivity index (χ4n) is 2.13. The second-order valence-corrected chi connectivity index (χ2v) is 4.85. The molecule has 0 bridgehead atoms. The molecular formula is C17H20O5. The minimum Gasteiger partial charge on any atom is -0.504 e. The van der Waals surface area contributed by atoms with Gasteiger partial charge in [-0.05, 0) is 36.8 Å². The van der Waals surface area contributed by atoms with Gasteiger partial charge in [0.2, 0.25) is 0 Å². The lowest BCUT2D eigenvalue weighted by Gasteiger charge is -2.22. The van der Waals surface area contributed by atoms with E-state index < -0.39 is 12.2 Å². The van der Waals surface area contributed by atoms with Gasteiger partial charge in [0.25, 0.3) is 0 Å². The van der Waals surface area contributed by atoms with Crippen molar-refractivity contribution in [2.24, 2.45) is 0 Å². The lowest BCUT2D eigenvalue weighted by Crippen LogP contribution is -2.22. The predicted molar refractivity (Wildman–Crippen MR) is 82.7 cm³/mol. The van der Waals surface area contributed by atoms with Crippen LogP contribution in [-0.2, 0) is 0 Å². The molecule has 2 N–H and O–H groups in total. The molecule has 2 aromatic rings. The number of phenols is 1. The van der Waals surface area contributed by atoms with Crippen LogP contribution in [0.1, 0.15) is 18.6 Å². The molecule has 0 aliphatic rings. The van der Waals surface area contributed by atoms with Gasteiger partial charge in [0.1, 0.15) is 12.2 Å².